The number of anilines is 3. The van der Waals surface area contributed by atoms with E-state index in [4.69, 9.17) is 14.7 Å². The van der Waals surface area contributed by atoms with Crippen LogP contribution in [0.1, 0.15) is 35.7 Å². The van der Waals surface area contributed by atoms with Crippen molar-refractivity contribution in [3.05, 3.63) is 60.4 Å². The van der Waals surface area contributed by atoms with Gasteiger partial charge in [-0.05, 0) is 55.7 Å². The van der Waals surface area contributed by atoms with Crippen LogP contribution in [-0.2, 0) is 4.74 Å². The van der Waals surface area contributed by atoms with Gasteiger partial charge >= 0.3 is 0 Å². The van der Waals surface area contributed by atoms with E-state index >= 15 is 0 Å². The molecule has 2 aromatic heterocycles. The van der Waals surface area contributed by atoms with Crippen molar-refractivity contribution in [3.63, 3.8) is 0 Å². The SMILES string of the molecule is CNC(=O)c1ccc(Nc2cc(-c3ccc4ncn(C5CCC5)c4c3)nc(N3CCOCC3)n2)cc1. The number of rotatable bonds is 6. The maximum Gasteiger partial charge on any atom is 0.251 e. The summed E-state index contributed by atoms with van der Waals surface area (Å²) in [6, 6.07) is 16.2. The third kappa shape index (κ3) is 4.37. The lowest BCUT2D eigenvalue weighted by atomic mass is 9.93. The highest BCUT2D eigenvalue weighted by Crippen LogP contribution is 2.35. The molecular weight excluding hydrogens is 454 g/mol. The van der Waals surface area contributed by atoms with Gasteiger partial charge in [0.1, 0.15) is 5.82 Å². The number of hydrogen-bond donors (Lipinski definition) is 2. The van der Waals surface area contributed by atoms with Gasteiger partial charge in [-0.2, -0.15) is 4.98 Å². The number of aromatic nitrogens is 4. The lowest BCUT2D eigenvalue weighted by Gasteiger charge is -2.28. The molecule has 1 saturated heterocycles. The zero-order valence-electron chi connectivity index (χ0n) is 20.3. The molecule has 9 heteroatoms. The van der Waals surface area contributed by atoms with Crippen molar-refractivity contribution in [2.45, 2.75) is 25.3 Å². The molecule has 3 heterocycles. The first-order valence-corrected chi connectivity index (χ1v) is 12.5. The lowest BCUT2D eigenvalue weighted by Crippen LogP contribution is -2.37. The molecule has 1 aliphatic heterocycles. The molecule has 0 unspecified atom stereocenters. The number of benzene rings is 2. The molecule has 1 amide bonds. The normalized spacial score (nSPS) is 16.1. The average Bonchev–Trinajstić information content (AvgIpc) is 3.30. The molecule has 184 valence electrons. The number of imidazole rings is 1. The first kappa shape index (κ1) is 22.5. The van der Waals surface area contributed by atoms with E-state index in [0.717, 1.165) is 41.1 Å². The summed E-state index contributed by atoms with van der Waals surface area (Å²) in [5, 5.41) is 6.05. The second-order valence-electron chi connectivity index (χ2n) is 9.26. The molecule has 0 atom stereocenters. The van der Waals surface area contributed by atoms with Gasteiger partial charge in [-0.15, -0.1) is 0 Å². The fraction of sp³-hybridized carbons (Fsp3) is 0.333. The minimum atomic E-state index is -0.114. The lowest BCUT2D eigenvalue weighted by molar-refractivity contribution is 0.0963. The second-order valence-corrected chi connectivity index (χ2v) is 9.26. The summed E-state index contributed by atoms with van der Waals surface area (Å²) in [5.74, 6) is 1.26. The summed E-state index contributed by atoms with van der Waals surface area (Å²) < 4.78 is 7.84. The summed E-state index contributed by atoms with van der Waals surface area (Å²) >= 11 is 0. The van der Waals surface area contributed by atoms with Crippen LogP contribution in [-0.4, -0.2) is 58.8 Å². The molecule has 36 heavy (non-hydrogen) atoms. The Morgan fingerprint density at radius 2 is 1.83 bits per heavy atom. The van der Waals surface area contributed by atoms with Crippen molar-refractivity contribution >= 4 is 34.4 Å². The Bertz CT molecular complexity index is 1390. The molecule has 1 saturated carbocycles. The Balaban J connectivity index is 1.37. The minimum absolute atomic E-state index is 0.114. The van der Waals surface area contributed by atoms with Crippen molar-refractivity contribution in [3.8, 4) is 11.3 Å². The van der Waals surface area contributed by atoms with E-state index in [-0.39, 0.29) is 5.91 Å². The van der Waals surface area contributed by atoms with Gasteiger partial charge in [0.15, 0.2) is 0 Å². The molecule has 9 nitrogen and oxygen atoms in total. The zero-order valence-corrected chi connectivity index (χ0v) is 20.3. The van der Waals surface area contributed by atoms with Crippen LogP contribution in [0.15, 0.2) is 54.9 Å². The van der Waals surface area contributed by atoms with E-state index in [2.05, 4.69) is 43.3 Å². The molecule has 0 radical (unpaired) electrons. The molecule has 0 spiro atoms. The third-order valence-corrected chi connectivity index (χ3v) is 6.99. The summed E-state index contributed by atoms with van der Waals surface area (Å²) in [5.41, 5.74) is 5.47. The molecule has 1 aliphatic carbocycles. The second kappa shape index (κ2) is 9.58. The third-order valence-electron chi connectivity index (χ3n) is 6.99. The Hall–Kier alpha value is -3.98. The number of carbonyl (C=O) groups is 1. The first-order valence-electron chi connectivity index (χ1n) is 12.5. The Morgan fingerprint density at radius 1 is 1.03 bits per heavy atom. The largest absolute Gasteiger partial charge is 0.378 e. The van der Waals surface area contributed by atoms with Crippen LogP contribution in [0.25, 0.3) is 22.3 Å². The van der Waals surface area contributed by atoms with E-state index in [1.807, 2.05) is 24.5 Å². The number of amides is 1. The molecule has 2 aliphatic rings. The van der Waals surface area contributed by atoms with E-state index < -0.39 is 0 Å². The number of nitrogens with one attached hydrogen (secondary N) is 2. The maximum atomic E-state index is 11.9. The van der Waals surface area contributed by atoms with Gasteiger partial charge in [0, 0.05) is 49.1 Å². The van der Waals surface area contributed by atoms with Crippen molar-refractivity contribution in [2.24, 2.45) is 0 Å². The number of carbonyl (C=O) groups excluding carboxylic acids is 1. The number of morpholine rings is 1. The van der Waals surface area contributed by atoms with E-state index in [1.165, 1.54) is 19.3 Å². The van der Waals surface area contributed by atoms with Gasteiger partial charge in [0.2, 0.25) is 5.95 Å². The summed E-state index contributed by atoms with van der Waals surface area (Å²) in [4.78, 5) is 28.4. The van der Waals surface area contributed by atoms with Crippen molar-refractivity contribution < 1.29 is 9.53 Å². The standard InChI is InChI=1S/C27H29N7O2/c1-28-26(35)18-5-8-20(9-6-18)30-25-16-23(31-27(32-25)33-11-13-36-14-12-33)19-7-10-22-24(15-19)34(17-29-22)21-3-2-4-21/h5-10,15-17,21H,2-4,11-14H2,1H3,(H,28,35)(H,30,31,32). The van der Waals surface area contributed by atoms with Crippen LogP contribution in [0.5, 0.6) is 0 Å². The number of ether oxygens (including phenoxy) is 1. The Morgan fingerprint density at radius 3 is 2.56 bits per heavy atom. The van der Waals surface area contributed by atoms with Gasteiger partial charge < -0.3 is 24.8 Å². The molecular formula is C27H29N7O2. The van der Waals surface area contributed by atoms with E-state index in [9.17, 15) is 4.79 Å². The minimum Gasteiger partial charge on any atom is -0.378 e. The van der Waals surface area contributed by atoms with E-state index in [0.29, 0.717) is 36.6 Å². The fourth-order valence-corrected chi connectivity index (χ4v) is 4.69. The highest BCUT2D eigenvalue weighted by atomic mass is 16.5. The Kier molecular flexibility index (Phi) is 5.98. The van der Waals surface area contributed by atoms with E-state index in [1.54, 1.807) is 19.2 Å². The summed E-state index contributed by atoms with van der Waals surface area (Å²) in [6.07, 6.45) is 5.65. The molecule has 2 fully saturated rings. The fourth-order valence-electron chi connectivity index (χ4n) is 4.69. The van der Waals surface area contributed by atoms with Crippen LogP contribution in [0, 0.1) is 0 Å². The molecule has 4 aromatic rings. The monoisotopic (exact) mass is 483 g/mol. The molecule has 2 N–H and O–H groups in total. The average molecular weight is 484 g/mol. The van der Waals surface area contributed by atoms with Crippen molar-refractivity contribution in [1.29, 1.82) is 0 Å². The molecule has 2 aromatic carbocycles. The topological polar surface area (TPSA) is 97.2 Å². The van der Waals surface area contributed by atoms with Gasteiger partial charge in [0.25, 0.3) is 5.91 Å². The number of fused-ring (bicyclic) bond motifs is 1. The van der Waals surface area contributed by atoms with Crippen LogP contribution < -0.4 is 15.5 Å². The van der Waals surface area contributed by atoms with Crippen molar-refractivity contribution in [1.82, 2.24) is 24.8 Å². The zero-order chi connectivity index (χ0) is 24.5. The first-order chi connectivity index (χ1) is 17.7. The van der Waals surface area contributed by atoms with Gasteiger partial charge in [-0.3, -0.25) is 4.79 Å². The molecule has 0 bridgehead atoms. The predicted molar refractivity (Wildman–Crippen MR) is 140 cm³/mol. The van der Waals surface area contributed by atoms with Gasteiger partial charge in [0.05, 0.1) is 36.3 Å². The van der Waals surface area contributed by atoms with Gasteiger partial charge in [-0.1, -0.05) is 6.07 Å². The summed E-state index contributed by atoms with van der Waals surface area (Å²) in [7, 11) is 1.63. The quantitative estimate of drug-likeness (QED) is 0.425. The highest BCUT2D eigenvalue weighted by molar-refractivity contribution is 5.94. The van der Waals surface area contributed by atoms with Crippen molar-refractivity contribution in [2.75, 3.05) is 43.6 Å². The predicted octanol–water partition coefficient (Wildman–Crippen LogP) is 4.16. The van der Waals surface area contributed by atoms with Crippen LogP contribution >= 0.6 is 0 Å². The maximum absolute atomic E-state index is 11.9. The van der Waals surface area contributed by atoms with Gasteiger partial charge in [-0.25, -0.2) is 9.97 Å². The highest BCUT2D eigenvalue weighted by Gasteiger charge is 2.22. The number of nitrogens with zero attached hydrogens (tertiary/aromatic N) is 5. The number of hydrogen-bond acceptors (Lipinski definition) is 7. The molecule has 6 rings (SSSR count). The van der Waals surface area contributed by atoms with Crippen LogP contribution in [0.3, 0.4) is 0 Å². The van der Waals surface area contributed by atoms with Crippen LogP contribution in [0.2, 0.25) is 0 Å². The summed E-state index contributed by atoms with van der Waals surface area (Å²) in [6.45, 7) is 2.81. The smallest absolute Gasteiger partial charge is 0.251 e. The Labute approximate surface area is 209 Å². The van der Waals surface area contributed by atoms with Crippen LogP contribution in [0.4, 0.5) is 17.5 Å².